The molecule has 0 spiro atoms. The summed E-state index contributed by atoms with van der Waals surface area (Å²) in [5, 5.41) is 7.93. The molecule has 3 heteroatoms. The van der Waals surface area contributed by atoms with E-state index in [0.717, 1.165) is 13.0 Å². The van der Waals surface area contributed by atoms with E-state index in [2.05, 4.69) is 70.1 Å². The van der Waals surface area contributed by atoms with Crippen molar-refractivity contribution >= 4 is 27.3 Å². The van der Waals surface area contributed by atoms with Crippen LogP contribution >= 0.6 is 27.3 Å². The quantitative estimate of drug-likeness (QED) is 0.851. The minimum Gasteiger partial charge on any atom is -0.310 e. The lowest BCUT2D eigenvalue weighted by Crippen LogP contribution is -2.27. The van der Waals surface area contributed by atoms with Gasteiger partial charge in [-0.05, 0) is 59.9 Å². The van der Waals surface area contributed by atoms with Gasteiger partial charge in [-0.15, -0.1) is 0 Å². The van der Waals surface area contributed by atoms with Crippen LogP contribution in [0.1, 0.15) is 23.6 Å². The standard InChI is InChI=1S/C15H18BrNS/c1-11-3-4-13(8-15(11)16)9-17-12(2)7-14-5-6-18-10-14/h3-6,8,10,12,17H,7,9H2,1-2H3. The molecule has 0 amide bonds. The smallest absolute Gasteiger partial charge is 0.0208 e. The monoisotopic (exact) mass is 323 g/mol. The second-order valence-electron chi connectivity index (χ2n) is 4.70. The van der Waals surface area contributed by atoms with Crippen LogP contribution in [-0.4, -0.2) is 6.04 Å². The Morgan fingerprint density at radius 1 is 1.28 bits per heavy atom. The van der Waals surface area contributed by atoms with Crippen molar-refractivity contribution in [2.75, 3.05) is 0 Å². The fourth-order valence-electron chi connectivity index (χ4n) is 1.87. The van der Waals surface area contributed by atoms with E-state index in [9.17, 15) is 0 Å². The number of rotatable bonds is 5. The first kappa shape index (κ1) is 13.8. The number of aryl methyl sites for hydroxylation is 1. The summed E-state index contributed by atoms with van der Waals surface area (Å²) in [6.07, 6.45) is 1.09. The number of hydrogen-bond donors (Lipinski definition) is 1. The molecule has 0 aliphatic rings. The third-order valence-corrected chi connectivity index (χ3v) is 4.60. The minimum atomic E-state index is 0.500. The van der Waals surface area contributed by atoms with Gasteiger partial charge in [-0.1, -0.05) is 28.1 Å². The maximum absolute atomic E-state index is 3.58. The van der Waals surface area contributed by atoms with Gasteiger partial charge in [0.05, 0.1) is 0 Å². The number of nitrogens with one attached hydrogen (secondary N) is 1. The van der Waals surface area contributed by atoms with E-state index in [1.54, 1.807) is 11.3 Å². The minimum absolute atomic E-state index is 0.500. The van der Waals surface area contributed by atoms with Crippen LogP contribution in [0, 0.1) is 6.92 Å². The Morgan fingerprint density at radius 2 is 2.11 bits per heavy atom. The Bertz CT molecular complexity index is 493. The van der Waals surface area contributed by atoms with Crippen LogP contribution in [0.4, 0.5) is 0 Å². The lowest BCUT2D eigenvalue weighted by molar-refractivity contribution is 0.546. The molecule has 1 unspecified atom stereocenters. The van der Waals surface area contributed by atoms with Gasteiger partial charge >= 0.3 is 0 Å². The van der Waals surface area contributed by atoms with Crippen molar-refractivity contribution in [1.82, 2.24) is 5.32 Å². The van der Waals surface area contributed by atoms with Crippen molar-refractivity contribution in [2.45, 2.75) is 32.9 Å². The molecule has 18 heavy (non-hydrogen) atoms. The lowest BCUT2D eigenvalue weighted by Gasteiger charge is -2.13. The predicted molar refractivity (Wildman–Crippen MR) is 83.2 cm³/mol. The molecule has 0 aliphatic carbocycles. The molecule has 1 nitrogen and oxygen atoms in total. The van der Waals surface area contributed by atoms with Crippen molar-refractivity contribution in [2.24, 2.45) is 0 Å². The topological polar surface area (TPSA) is 12.0 Å². The first-order valence-corrected chi connectivity index (χ1v) is 7.88. The molecule has 0 aliphatic heterocycles. The third kappa shape index (κ3) is 3.94. The molecule has 2 rings (SSSR count). The maximum Gasteiger partial charge on any atom is 0.0208 e. The highest BCUT2D eigenvalue weighted by Crippen LogP contribution is 2.17. The van der Waals surface area contributed by atoms with Gasteiger partial charge in [0.1, 0.15) is 0 Å². The summed E-state index contributed by atoms with van der Waals surface area (Å²) in [6.45, 7) is 5.27. The zero-order chi connectivity index (χ0) is 13.0. The fourth-order valence-corrected chi connectivity index (χ4v) is 2.98. The molecule has 1 atom stereocenters. The van der Waals surface area contributed by atoms with Crippen molar-refractivity contribution in [3.8, 4) is 0 Å². The molecule has 1 aromatic carbocycles. The van der Waals surface area contributed by atoms with Crippen LogP contribution in [0.3, 0.4) is 0 Å². The van der Waals surface area contributed by atoms with E-state index >= 15 is 0 Å². The van der Waals surface area contributed by atoms with Crippen molar-refractivity contribution in [1.29, 1.82) is 0 Å². The van der Waals surface area contributed by atoms with E-state index in [-0.39, 0.29) is 0 Å². The molecular formula is C15H18BrNS. The molecule has 1 heterocycles. The molecule has 0 radical (unpaired) electrons. The van der Waals surface area contributed by atoms with E-state index in [4.69, 9.17) is 0 Å². The number of benzene rings is 1. The van der Waals surface area contributed by atoms with Crippen LogP contribution in [0.25, 0.3) is 0 Å². The van der Waals surface area contributed by atoms with E-state index < -0.39 is 0 Å². The fraction of sp³-hybridized carbons (Fsp3) is 0.333. The SMILES string of the molecule is Cc1ccc(CNC(C)Cc2ccsc2)cc1Br. The third-order valence-electron chi connectivity index (χ3n) is 3.01. The number of thiophene rings is 1. The van der Waals surface area contributed by atoms with Crippen LogP contribution in [0.2, 0.25) is 0 Å². The van der Waals surface area contributed by atoms with Gasteiger partial charge in [0.2, 0.25) is 0 Å². The summed E-state index contributed by atoms with van der Waals surface area (Å²) in [6, 6.07) is 9.24. The van der Waals surface area contributed by atoms with Gasteiger partial charge < -0.3 is 5.32 Å². The largest absolute Gasteiger partial charge is 0.310 e. The maximum atomic E-state index is 3.58. The predicted octanol–water partition coefficient (Wildman–Crippen LogP) is 4.54. The Labute approximate surface area is 121 Å². The van der Waals surface area contributed by atoms with Crippen LogP contribution < -0.4 is 5.32 Å². The van der Waals surface area contributed by atoms with Crippen LogP contribution in [0.15, 0.2) is 39.5 Å². The van der Waals surface area contributed by atoms with Crippen molar-refractivity contribution in [3.05, 3.63) is 56.2 Å². The molecule has 0 bridgehead atoms. The molecule has 1 N–H and O–H groups in total. The number of hydrogen-bond acceptors (Lipinski definition) is 2. The second-order valence-corrected chi connectivity index (χ2v) is 6.34. The molecule has 96 valence electrons. The first-order valence-electron chi connectivity index (χ1n) is 6.14. The van der Waals surface area contributed by atoms with E-state index in [0.29, 0.717) is 6.04 Å². The van der Waals surface area contributed by atoms with Gasteiger partial charge in [-0.25, -0.2) is 0 Å². The molecule has 0 fully saturated rings. The van der Waals surface area contributed by atoms with E-state index in [1.807, 2.05) is 0 Å². The van der Waals surface area contributed by atoms with Gasteiger partial charge in [-0.2, -0.15) is 11.3 Å². The molecule has 0 saturated carbocycles. The highest BCUT2D eigenvalue weighted by molar-refractivity contribution is 9.10. The Kier molecular flexibility index (Phi) is 4.98. The zero-order valence-electron chi connectivity index (χ0n) is 10.7. The average molecular weight is 324 g/mol. The summed E-state index contributed by atoms with van der Waals surface area (Å²) in [5.74, 6) is 0. The first-order chi connectivity index (χ1) is 8.65. The molecule has 1 aromatic heterocycles. The molecular weight excluding hydrogens is 306 g/mol. The molecule has 2 aromatic rings. The number of halogens is 1. The zero-order valence-corrected chi connectivity index (χ0v) is 13.1. The van der Waals surface area contributed by atoms with Crippen molar-refractivity contribution < 1.29 is 0 Å². The second kappa shape index (κ2) is 6.50. The van der Waals surface area contributed by atoms with Crippen LogP contribution in [0.5, 0.6) is 0 Å². The van der Waals surface area contributed by atoms with Crippen molar-refractivity contribution in [3.63, 3.8) is 0 Å². The van der Waals surface area contributed by atoms with Gasteiger partial charge in [-0.3, -0.25) is 0 Å². The van der Waals surface area contributed by atoms with Gasteiger partial charge in [0.15, 0.2) is 0 Å². The Hall–Kier alpha value is -0.640. The normalized spacial score (nSPS) is 12.6. The Balaban J connectivity index is 1.85. The average Bonchev–Trinajstić information content (AvgIpc) is 2.83. The highest BCUT2D eigenvalue weighted by atomic mass is 79.9. The summed E-state index contributed by atoms with van der Waals surface area (Å²) >= 11 is 5.34. The van der Waals surface area contributed by atoms with Crippen LogP contribution in [-0.2, 0) is 13.0 Å². The highest BCUT2D eigenvalue weighted by Gasteiger charge is 2.04. The summed E-state index contributed by atoms with van der Waals surface area (Å²) in [4.78, 5) is 0. The summed E-state index contributed by atoms with van der Waals surface area (Å²) in [7, 11) is 0. The molecule has 0 saturated heterocycles. The van der Waals surface area contributed by atoms with Gasteiger partial charge in [0, 0.05) is 17.1 Å². The summed E-state index contributed by atoms with van der Waals surface area (Å²) < 4.78 is 1.19. The Morgan fingerprint density at radius 3 is 2.78 bits per heavy atom. The van der Waals surface area contributed by atoms with Gasteiger partial charge in [0.25, 0.3) is 0 Å². The lowest BCUT2D eigenvalue weighted by atomic mass is 10.1. The summed E-state index contributed by atoms with van der Waals surface area (Å²) in [5.41, 5.74) is 4.03. The van der Waals surface area contributed by atoms with E-state index in [1.165, 1.54) is 21.2 Å².